The molecule has 0 spiro atoms. The summed E-state index contributed by atoms with van der Waals surface area (Å²) in [4.78, 5) is 16.1. The van der Waals surface area contributed by atoms with E-state index in [9.17, 15) is 15.0 Å². The molecular formula is C16H22ClN3O3. The standard InChI is InChI=1S/C16H22ClN3O3/c17-11-1-3-13(4-2-11)19-6-5-12(8-19)18-16(23)20-9-15(22)7-14(20)10-21/h1-4,12,14-15,21-22H,5-10H2,(H,18,23)/t12-,14+,15+/m1/s1. The number of halogens is 1. The van der Waals surface area contributed by atoms with Gasteiger partial charge in [-0.15, -0.1) is 0 Å². The fourth-order valence-electron chi connectivity index (χ4n) is 3.34. The third kappa shape index (κ3) is 3.71. The Balaban J connectivity index is 1.55. The van der Waals surface area contributed by atoms with E-state index >= 15 is 0 Å². The van der Waals surface area contributed by atoms with Gasteiger partial charge in [0.15, 0.2) is 0 Å². The van der Waals surface area contributed by atoms with Gasteiger partial charge in [-0.1, -0.05) is 11.6 Å². The first-order valence-corrected chi connectivity index (χ1v) is 8.31. The van der Waals surface area contributed by atoms with Gasteiger partial charge in [-0.3, -0.25) is 0 Å². The lowest BCUT2D eigenvalue weighted by Gasteiger charge is -2.25. The number of nitrogens with zero attached hydrogens (tertiary/aromatic N) is 2. The zero-order valence-electron chi connectivity index (χ0n) is 12.9. The van der Waals surface area contributed by atoms with Gasteiger partial charge in [0, 0.05) is 36.4 Å². The molecule has 2 heterocycles. The molecule has 6 nitrogen and oxygen atoms in total. The number of hydrogen-bond donors (Lipinski definition) is 3. The summed E-state index contributed by atoms with van der Waals surface area (Å²) in [6.07, 6.45) is 0.757. The highest BCUT2D eigenvalue weighted by molar-refractivity contribution is 6.30. The zero-order valence-corrected chi connectivity index (χ0v) is 13.6. The van der Waals surface area contributed by atoms with Crippen LogP contribution in [0.3, 0.4) is 0 Å². The molecular weight excluding hydrogens is 318 g/mol. The Bertz CT molecular complexity index is 554. The van der Waals surface area contributed by atoms with Gasteiger partial charge < -0.3 is 25.3 Å². The summed E-state index contributed by atoms with van der Waals surface area (Å²) in [5.74, 6) is 0. The largest absolute Gasteiger partial charge is 0.394 e. The number of β-amino-alcohol motifs (C(OH)–C–C–N with tert-alkyl or cyclic N) is 1. The summed E-state index contributed by atoms with van der Waals surface area (Å²) >= 11 is 5.91. The number of nitrogens with one attached hydrogen (secondary N) is 1. The van der Waals surface area contributed by atoms with Crippen LogP contribution in [0.15, 0.2) is 24.3 Å². The van der Waals surface area contributed by atoms with Crippen molar-refractivity contribution in [2.45, 2.75) is 31.0 Å². The second kappa shape index (κ2) is 6.95. The smallest absolute Gasteiger partial charge is 0.318 e. The summed E-state index contributed by atoms with van der Waals surface area (Å²) in [6.45, 7) is 1.78. The van der Waals surface area contributed by atoms with Crippen LogP contribution in [0, 0.1) is 0 Å². The molecule has 0 aliphatic carbocycles. The Labute approximate surface area is 140 Å². The van der Waals surface area contributed by atoms with Gasteiger partial charge in [-0.25, -0.2) is 4.79 Å². The SMILES string of the molecule is O=C(N[C@@H]1CCN(c2ccc(Cl)cc2)C1)N1C[C@@H](O)C[C@H]1CO. The molecule has 23 heavy (non-hydrogen) atoms. The van der Waals surface area contributed by atoms with Crippen molar-refractivity contribution in [2.24, 2.45) is 0 Å². The van der Waals surface area contributed by atoms with Crippen molar-refractivity contribution < 1.29 is 15.0 Å². The fourth-order valence-corrected chi connectivity index (χ4v) is 3.46. The predicted molar refractivity (Wildman–Crippen MR) is 88.8 cm³/mol. The minimum atomic E-state index is -0.549. The van der Waals surface area contributed by atoms with E-state index in [1.807, 2.05) is 24.3 Å². The minimum Gasteiger partial charge on any atom is -0.394 e. The molecule has 0 radical (unpaired) electrons. The van der Waals surface area contributed by atoms with E-state index in [1.165, 1.54) is 4.90 Å². The molecule has 0 bridgehead atoms. The van der Waals surface area contributed by atoms with Crippen molar-refractivity contribution in [3.8, 4) is 0 Å². The predicted octanol–water partition coefficient (Wildman–Crippen LogP) is 1.06. The number of rotatable bonds is 3. The first-order chi connectivity index (χ1) is 11.1. The lowest BCUT2D eigenvalue weighted by atomic mass is 10.2. The van der Waals surface area contributed by atoms with Crippen LogP contribution in [0.5, 0.6) is 0 Å². The minimum absolute atomic E-state index is 0.0651. The number of urea groups is 1. The highest BCUT2D eigenvalue weighted by Gasteiger charge is 2.35. The number of amides is 2. The van der Waals surface area contributed by atoms with Crippen LogP contribution in [-0.2, 0) is 0 Å². The number of carbonyl (C=O) groups excluding carboxylic acids is 1. The van der Waals surface area contributed by atoms with Gasteiger partial charge in [-0.2, -0.15) is 0 Å². The molecule has 3 N–H and O–H groups in total. The Morgan fingerprint density at radius 3 is 2.74 bits per heavy atom. The third-order valence-corrected chi connectivity index (χ3v) is 4.82. The van der Waals surface area contributed by atoms with E-state index in [0.29, 0.717) is 11.4 Å². The normalized spacial score (nSPS) is 27.5. The molecule has 7 heteroatoms. The number of hydrogen-bond acceptors (Lipinski definition) is 4. The molecule has 3 atom stereocenters. The molecule has 1 aromatic rings. The molecule has 2 saturated heterocycles. The van der Waals surface area contributed by atoms with Gasteiger partial charge in [0.1, 0.15) is 0 Å². The van der Waals surface area contributed by atoms with Crippen LogP contribution < -0.4 is 10.2 Å². The average molecular weight is 340 g/mol. The quantitative estimate of drug-likeness (QED) is 0.769. The van der Waals surface area contributed by atoms with Crippen molar-refractivity contribution in [2.75, 3.05) is 31.1 Å². The second-order valence-corrected chi connectivity index (χ2v) is 6.67. The van der Waals surface area contributed by atoms with Crippen LogP contribution in [0.1, 0.15) is 12.8 Å². The Morgan fingerprint density at radius 1 is 1.30 bits per heavy atom. The van der Waals surface area contributed by atoms with E-state index < -0.39 is 6.10 Å². The molecule has 2 aliphatic rings. The van der Waals surface area contributed by atoms with Crippen molar-refractivity contribution in [3.63, 3.8) is 0 Å². The monoisotopic (exact) mass is 339 g/mol. The third-order valence-electron chi connectivity index (χ3n) is 4.57. The van der Waals surface area contributed by atoms with Crippen molar-refractivity contribution in [1.82, 2.24) is 10.2 Å². The lowest BCUT2D eigenvalue weighted by molar-refractivity contribution is 0.153. The fraction of sp³-hybridized carbons (Fsp3) is 0.562. The summed E-state index contributed by atoms with van der Waals surface area (Å²) in [5.41, 5.74) is 1.09. The first-order valence-electron chi connectivity index (χ1n) is 7.93. The van der Waals surface area contributed by atoms with Gasteiger partial charge in [0.2, 0.25) is 0 Å². The molecule has 2 fully saturated rings. The molecule has 1 aromatic carbocycles. The van der Waals surface area contributed by atoms with E-state index in [0.717, 1.165) is 25.2 Å². The van der Waals surface area contributed by atoms with Gasteiger partial charge in [0.05, 0.1) is 18.8 Å². The van der Waals surface area contributed by atoms with Crippen LogP contribution in [0.2, 0.25) is 5.02 Å². The lowest BCUT2D eigenvalue weighted by Crippen LogP contribution is -2.48. The molecule has 0 unspecified atom stereocenters. The number of anilines is 1. The van der Waals surface area contributed by atoms with Crippen LogP contribution in [0.25, 0.3) is 0 Å². The molecule has 126 valence electrons. The summed E-state index contributed by atoms with van der Waals surface area (Å²) in [7, 11) is 0. The van der Waals surface area contributed by atoms with E-state index in [2.05, 4.69) is 10.2 Å². The van der Waals surface area contributed by atoms with Gasteiger partial charge in [-0.05, 0) is 37.1 Å². The van der Waals surface area contributed by atoms with Crippen LogP contribution in [0.4, 0.5) is 10.5 Å². The molecule has 2 aliphatic heterocycles. The van der Waals surface area contributed by atoms with E-state index in [4.69, 9.17) is 11.6 Å². The highest BCUT2D eigenvalue weighted by Crippen LogP contribution is 2.23. The molecule has 0 aromatic heterocycles. The number of aliphatic hydroxyl groups excluding tert-OH is 2. The number of benzene rings is 1. The summed E-state index contributed by atoms with van der Waals surface area (Å²) < 4.78 is 0. The maximum atomic E-state index is 12.4. The zero-order chi connectivity index (χ0) is 16.4. The van der Waals surface area contributed by atoms with Crippen molar-refractivity contribution in [3.05, 3.63) is 29.3 Å². The second-order valence-electron chi connectivity index (χ2n) is 6.24. The van der Waals surface area contributed by atoms with Crippen LogP contribution >= 0.6 is 11.6 Å². The van der Waals surface area contributed by atoms with E-state index in [1.54, 1.807) is 0 Å². The van der Waals surface area contributed by atoms with Gasteiger partial charge >= 0.3 is 6.03 Å². The van der Waals surface area contributed by atoms with Gasteiger partial charge in [0.25, 0.3) is 0 Å². The summed E-state index contributed by atoms with van der Waals surface area (Å²) in [5, 5.41) is 22.7. The summed E-state index contributed by atoms with van der Waals surface area (Å²) in [6, 6.07) is 7.24. The number of likely N-dealkylation sites (tertiary alicyclic amines) is 1. The Morgan fingerprint density at radius 2 is 2.04 bits per heavy atom. The molecule has 0 saturated carbocycles. The highest BCUT2D eigenvalue weighted by atomic mass is 35.5. The molecule has 3 rings (SSSR count). The topological polar surface area (TPSA) is 76.0 Å². The Kier molecular flexibility index (Phi) is 4.94. The maximum Gasteiger partial charge on any atom is 0.318 e. The molecule has 2 amide bonds. The van der Waals surface area contributed by atoms with Crippen molar-refractivity contribution >= 4 is 23.3 Å². The number of aliphatic hydroxyl groups is 2. The average Bonchev–Trinajstić information content (AvgIpc) is 3.14. The number of carbonyl (C=O) groups is 1. The van der Waals surface area contributed by atoms with Crippen LogP contribution in [-0.4, -0.2) is 65.6 Å². The first kappa shape index (κ1) is 16.4. The van der Waals surface area contributed by atoms with E-state index in [-0.39, 0.29) is 31.3 Å². The Hall–Kier alpha value is -1.50. The van der Waals surface area contributed by atoms with Crippen molar-refractivity contribution in [1.29, 1.82) is 0 Å². The maximum absolute atomic E-state index is 12.4.